The molecule has 1 aromatic carbocycles. The predicted octanol–water partition coefficient (Wildman–Crippen LogP) is 1.74. The van der Waals surface area contributed by atoms with Gasteiger partial charge in [-0.15, -0.1) is 0 Å². The molecule has 0 bridgehead atoms. The van der Waals surface area contributed by atoms with E-state index in [-0.39, 0.29) is 17.9 Å². The van der Waals surface area contributed by atoms with Crippen molar-refractivity contribution in [2.45, 2.75) is 51.7 Å². The molecule has 1 N–H and O–H groups in total. The Kier molecular flexibility index (Phi) is 4.42. The number of carbonyl (C=O) groups excluding carboxylic acids is 2. The molecule has 0 saturated carbocycles. The van der Waals surface area contributed by atoms with E-state index in [1.807, 2.05) is 44.2 Å². The van der Waals surface area contributed by atoms with E-state index < -0.39 is 12.1 Å². The number of piperazine rings is 1. The molecular formula is C16H22N2O2. The average Bonchev–Trinajstić information content (AvgIpc) is 2.45. The van der Waals surface area contributed by atoms with Gasteiger partial charge < -0.3 is 10.2 Å². The number of rotatable bonds is 4. The molecule has 1 aliphatic heterocycles. The minimum atomic E-state index is -0.427. The molecule has 4 heteroatoms. The van der Waals surface area contributed by atoms with E-state index >= 15 is 0 Å². The fourth-order valence-electron chi connectivity index (χ4n) is 2.62. The Labute approximate surface area is 120 Å². The van der Waals surface area contributed by atoms with Crippen LogP contribution in [0.2, 0.25) is 0 Å². The maximum absolute atomic E-state index is 12.4. The smallest absolute Gasteiger partial charge is 0.245 e. The maximum Gasteiger partial charge on any atom is 0.245 e. The van der Waals surface area contributed by atoms with Gasteiger partial charge in [-0.2, -0.15) is 0 Å². The molecule has 1 saturated heterocycles. The van der Waals surface area contributed by atoms with E-state index in [1.54, 1.807) is 11.8 Å². The van der Waals surface area contributed by atoms with Crippen LogP contribution in [0.1, 0.15) is 32.8 Å². The normalized spacial score (nSPS) is 24.4. The van der Waals surface area contributed by atoms with E-state index in [2.05, 4.69) is 5.32 Å². The first-order valence-electron chi connectivity index (χ1n) is 7.21. The number of nitrogens with zero attached hydrogens (tertiary/aromatic N) is 1. The topological polar surface area (TPSA) is 49.4 Å². The molecule has 4 nitrogen and oxygen atoms in total. The zero-order valence-corrected chi connectivity index (χ0v) is 12.3. The molecule has 0 radical (unpaired) electrons. The van der Waals surface area contributed by atoms with Crippen LogP contribution in [0, 0.1) is 0 Å². The summed E-state index contributed by atoms with van der Waals surface area (Å²) in [5.74, 6) is -0.0406. The van der Waals surface area contributed by atoms with Gasteiger partial charge in [0.1, 0.15) is 12.1 Å². The first-order valence-corrected chi connectivity index (χ1v) is 7.21. The minimum Gasteiger partial charge on any atom is -0.343 e. The standard InChI is InChI=1S/C16H22N2O2/c1-4-11(2)18-14(10-13-8-6-5-7-9-13)15(19)17-12(3)16(18)20/h5-9,11-12,14H,4,10H2,1-3H3,(H,17,19). The maximum atomic E-state index is 12.4. The second kappa shape index (κ2) is 6.07. The van der Waals surface area contributed by atoms with Gasteiger partial charge >= 0.3 is 0 Å². The summed E-state index contributed by atoms with van der Waals surface area (Å²) in [6, 6.07) is 9.07. The molecule has 0 spiro atoms. The van der Waals surface area contributed by atoms with Crippen molar-refractivity contribution >= 4 is 11.8 Å². The quantitative estimate of drug-likeness (QED) is 0.909. The van der Waals surface area contributed by atoms with E-state index in [1.165, 1.54) is 0 Å². The van der Waals surface area contributed by atoms with Crippen molar-refractivity contribution in [2.75, 3.05) is 0 Å². The number of nitrogens with one attached hydrogen (secondary N) is 1. The van der Waals surface area contributed by atoms with Gasteiger partial charge in [-0.25, -0.2) is 0 Å². The van der Waals surface area contributed by atoms with Crippen LogP contribution in [0.25, 0.3) is 0 Å². The Bertz CT molecular complexity index is 487. The van der Waals surface area contributed by atoms with Gasteiger partial charge in [-0.3, -0.25) is 9.59 Å². The van der Waals surface area contributed by atoms with Crippen LogP contribution in [0.5, 0.6) is 0 Å². The monoisotopic (exact) mass is 274 g/mol. The first kappa shape index (κ1) is 14.6. The van der Waals surface area contributed by atoms with Crippen LogP contribution in [0.3, 0.4) is 0 Å². The highest BCUT2D eigenvalue weighted by Crippen LogP contribution is 2.19. The van der Waals surface area contributed by atoms with Crippen molar-refractivity contribution in [3.63, 3.8) is 0 Å². The van der Waals surface area contributed by atoms with Gasteiger partial charge in [0.15, 0.2) is 0 Å². The Morgan fingerprint density at radius 3 is 2.50 bits per heavy atom. The van der Waals surface area contributed by atoms with Crippen molar-refractivity contribution in [1.82, 2.24) is 10.2 Å². The fraction of sp³-hybridized carbons (Fsp3) is 0.500. The minimum absolute atomic E-state index is 0.0138. The lowest BCUT2D eigenvalue weighted by atomic mass is 9.97. The molecule has 2 rings (SSSR count). The molecule has 1 aromatic rings. The van der Waals surface area contributed by atoms with Crippen LogP contribution >= 0.6 is 0 Å². The van der Waals surface area contributed by atoms with Gasteiger partial charge in [-0.1, -0.05) is 37.3 Å². The lowest BCUT2D eigenvalue weighted by molar-refractivity contribution is -0.151. The molecule has 1 aliphatic rings. The number of benzene rings is 1. The van der Waals surface area contributed by atoms with Gasteiger partial charge in [0.05, 0.1) is 0 Å². The highest BCUT2D eigenvalue weighted by atomic mass is 16.2. The van der Waals surface area contributed by atoms with Crippen molar-refractivity contribution in [3.8, 4) is 0 Å². The van der Waals surface area contributed by atoms with E-state index in [4.69, 9.17) is 0 Å². The van der Waals surface area contributed by atoms with Gasteiger partial charge in [-0.05, 0) is 25.8 Å². The predicted molar refractivity (Wildman–Crippen MR) is 78.1 cm³/mol. The van der Waals surface area contributed by atoms with E-state index in [0.717, 1.165) is 12.0 Å². The lowest BCUT2D eigenvalue weighted by Crippen LogP contribution is -2.65. The Morgan fingerprint density at radius 2 is 1.90 bits per heavy atom. The van der Waals surface area contributed by atoms with Crippen molar-refractivity contribution < 1.29 is 9.59 Å². The first-order chi connectivity index (χ1) is 9.54. The summed E-state index contributed by atoms with van der Waals surface area (Å²) >= 11 is 0. The molecule has 0 aliphatic carbocycles. The average molecular weight is 274 g/mol. The summed E-state index contributed by atoms with van der Waals surface area (Å²) in [5.41, 5.74) is 1.07. The second-order valence-corrected chi connectivity index (χ2v) is 5.44. The molecule has 108 valence electrons. The van der Waals surface area contributed by atoms with E-state index in [9.17, 15) is 9.59 Å². The Morgan fingerprint density at radius 1 is 1.25 bits per heavy atom. The summed E-state index contributed by atoms with van der Waals surface area (Å²) in [6.07, 6.45) is 1.41. The molecule has 3 atom stereocenters. The molecule has 0 aromatic heterocycles. The molecule has 20 heavy (non-hydrogen) atoms. The van der Waals surface area contributed by atoms with Crippen molar-refractivity contribution in [1.29, 1.82) is 0 Å². The van der Waals surface area contributed by atoms with Crippen LogP contribution in [0.4, 0.5) is 0 Å². The molecule has 3 unspecified atom stereocenters. The van der Waals surface area contributed by atoms with Gasteiger partial charge in [0, 0.05) is 12.5 Å². The number of amides is 2. The Balaban J connectivity index is 2.26. The zero-order valence-electron chi connectivity index (χ0n) is 12.3. The SMILES string of the molecule is CCC(C)N1C(=O)C(C)NC(=O)C1Cc1ccccc1. The largest absolute Gasteiger partial charge is 0.343 e. The highest BCUT2D eigenvalue weighted by molar-refractivity contribution is 5.97. The van der Waals surface area contributed by atoms with Gasteiger partial charge in [0.2, 0.25) is 11.8 Å². The van der Waals surface area contributed by atoms with Gasteiger partial charge in [0.25, 0.3) is 0 Å². The number of hydrogen-bond donors (Lipinski definition) is 1. The third-order valence-electron chi connectivity index (χ3n) is 3.96. The van der Waals surface area contributed by atoms with Crippen LogP contribution < -0.4 is 5.32 Å². The molecule has 1 fully saturated rings. The third kappa shape index (κ3) is 2.84. The van der Waals surface area contributed by atoms with Crippen LogP contribution in [-0.4, -0.2) is 34.8 Å². The van der Waals surface area contributed by atoms with Crippen molar-refractivity contribution in [2.24, 2.45) is 0 Å². The number of carbonyl (C=O) groups is 2. The summed E-state index contributed by atoms with van der Waals surface area (Å²) in [7, 11) is 0. The van der Waals surface area contributed by atoms with E-state index in [0.29, 0.717) is 6.42 Å². The molecular weight excluding hydrogens is 252 g/mol. The second-order valence-electron chi connectivity index (χ2n) is 5.44. The lowest BCUT2D eigenvalue weighted by Gasteiger charge is -2.41. The summed E-state index contributed by atoms with van der Waals surface area (Å²) in [6.45, 7) is 5.78. The zero-order chi connectivity index (χ0) is 14.7. The van der Waals surface area contributed by atoms with Crippen LogP contribution in [0.15, 0.2) is 30.3 Å². The van der Waals surface area contributed by atoms with Crippen molar-refractivity contribution in [3.05, 3.63) is 35.9 Å². The summed E-state index contributed by atoms with van der Waals surface area (Å²) in [4.78, 5) is 26.4. The summed E-state index contributed by atoms with van der Waals surface area (Å²) in [5, 5.41) is 2.78. The summed E-state index contributed by atoms with van der Waals surface area (Å²) < 4.78 is 0. The third-order valence-corrected chi connectivity index (χ3v) is 3.96. The highest BCUT2D eigenvalue weighted by Gasteiger charge is 2.40. The molecule has 2 amide bonds. The molecule has 1 heterocycles. The van der Waals surface area contributed by atoms with Crippen LogP contribution in [-0.2, 0) is 16.0 Å². The number of hydrogen-bond acceptors (Lipinski definition) is 2. The fourth-order valence-corrected chi connectivity index (χ4v) is 2.62. The Hall–Kier alpha value is -1.84.